The summed E-state index contributed by atoms with van der Waals surface area (Å²) in [6, 6.07) is 0. The molecule has 0 amide bonds. The van der Waals surface area contributed by atoms with E-state index in [0.717, 1.165) is 57.8 Å². The Labute approximate surface area is 369 Å². The molecule has 1 aliphatic carbocycles. The van der Waals surface area contributed by atoms with Gasteiger partial charge in [-0.3, -0.25) is 23.4 Å². The van der Waals surface area contributed by atoms with E-state index < -0.39 is 44.7 Å². The Hall–Kier alpha value is -2.44. The van der Waals surface area contributed by atoms with Crippen LogP contribution in [0.4, 0.5) is 0 Å². The van der Waals surface area contributed by atoms with Crippen molar-refractivity contribution in [3.05, 3.63) is 48.6 Å². The molecule has 0 aromatic rings. The van der Waals surface area contributed by atoms with Crippen LogP contribution in [0.1, 0.15) is 162 Å². The Morgan fingerprint density at radius 2 is 1.36 bits per heavy atom. The number of quaternary nitrogens is 1. The lowest BCUT2D eigenvalue weighted by molar-refractivity contribution is -0.870. The lowest BCUT2D eigenvalue weighted by atomic mass is 9.90. The predicted octanol–water partition coefficient (Wildman–Crippen LogP) is 10.1. The van der Waals surface area contributed by atoms with Gasteiger partial charge in [0, 0.05) is 31.1 Å². The minimum absolute atomic E-state index is 0.000322. The number of esters is 2. The molecule has 1 rings (SSSR count). The van der Waals surface area contributed by atoms with E-state index in [1.807, 2.05) is 33.3 Å². The van der Waals surface area contributed by atoms with Crippen LogP contribution in [0.15, 0.2) is 48.6 Å². The molecule has 6 atom stereocenters. The summed E-state index contributed by atoms with van der Waals surface area (Å²) in [5.41, 5.74) is 0. The lowest BCUT2D eigenvalue weighted by Gasteiger charge is -2.24. The van der Waals surface area contributed by atoms with E-state index in [1.165, 1.54) is 38.5 Å². The molecule has 0 spiro atoms. The highest BCUT2D eigenvalue weighted by atomic mass is 31.2. The van der Waals surface area contributed by atoms with Crippen LogP contribution in [0.2, 0.25) is 0 Å². The maximum Gasteiger partial charge on any atom is 0.472 e. The summed E-state index contributed by atoms with van der Waals surface area (Å²) in [6.45, 7) is 3.97. The van der Waals surface area contributed by atoms with E-state index >= 15 is 0 Å². The summed E-state index contributed by atoms with van der Waals surface area (Å²) in [7, 11) is 1.32. The number of allylic oxidation sites excluding steroid dienone is 6. The number of ether oxygens (including phenoxy) is 2. The molecule has 0 aliphatic heterocycles. The van der Waals surface area contributed by atoms with Gasteiger partial charge >= 0.3 is 19.8 Å². The van der Waals surface area contributed by atoms with Gasteiger partial charge in [-0.05, 0) is 64.2 Å². The number of aliphatic hydroxyl groups excluding tert-OH is 2. The zero-order valence-corrected chi connectivity index (χ0v) is 39.5. The molecule has 61 heavy (non-hydrogen) atoms. The molecule has 12 nitrogen and oxygen atoms in total. The van der Waals surface area contributed by atoms with Gasteiger partial charge in [0.1, 0.15) is 25.5 Å². The van der Waals surface area contributed by atoms with Gasteiger partial charge in [0.05, 0.1) is 40.0 Å². The molecule has 0 radical (unpaired) electrons. The highest BCUT2D eigenvalue weighted by Crippen LogP contribution is 2.43. The molecular formula is C48H85NO11P+. The first-order valence-electron chi connectivity index (χ1n) is 23.5. The van der Waals surface area contributed by atoms with Gasteiger partial charge in [0.15, 0.2) is 6.10 Å². The maximum absolute atomic E-state index is 12.8. The van der Waals surface area contributed by atoms with Gasteiger partial charge in [0.2, 0.25) is 0 Å². The van der Waals surface area contributed by atoms with E-state index in [-0.39, 0.29) is 50.1 Å². The van der Waals surface area contributed by atoms with E-state index in [2.05, 4.69) is 38.2 Å². The molecule has 3 N–H and O–H groups in total. The summed E-state index contributed by atoms with van der Waals surface area (Å²) in [5.74, 6) is -1.71. The fourth-order valence-electron chi connectivity index (χ4n) is 6.91. The molecule has 1 unspecified atom stereocenters. The number of rotatable bonds is 38. The van der Waals surface area contributed by atoms with Crippen molar-refractivity contribution in [1.82, 2.24) is 0 Å². The molecule has 0 saturated heterocycles. The lowest BCUT2D eigenvalue weighted by Crippen LogP contribution is -2.37. The zero-order valence-electron chi connectivity index (χ0n) is 38.6. The summed E-state index contributed by atoms with van der Waals surface area (Å²) in [5, 5.41) is 20.7. The van der Waals surface area contributed by atoms with Gasteiger partial charge in [-0.2, -0.15) is 0 Å². The Balaban J connectivity index is 2.48. The molecule has 0 bridgehead atoms. The average molecular weight is 883 g/mol. The number of Topliss-reactive ketones (excluding diaryl/α,β-unsaturated/α-hetero) is 1. The summed E-state index contributed by atoms with van der Waals surface area (Å²) >= 11 is 0. The highest BCUT2D eigenvalue weighted by Gasteiger charge is 2.39. The number of hydrogen-bond acceptors (Lipinski definition) is 10. The second-order valence-electron chi connectivity index (χ2n) is 17.6. The number of hydrogen-bond donors (Lipinski definition) is 3. The summed E-state index contributed by atoms with van der Waals surface area (Å²) in [4.78, 5) is 48.2. The van der Waals surface area contributed by atoms with Crippen LogP contribution in [0, 0.1) is 11.8 Å². The van der Waals surface area contributed by atoms with Crippen molar-refractivity contribution in [3.63, 3.8) is 0 Å². The molecule has 13 heteroatoms. The first-order chi connectivity index (χ1) is 29.2. The van der Waals surface area contributed by atoms with Crippen molar-refractivity contribution in [1.29, 1.82) is 0 Å². The van der Waals surface area contributed by atoms with Crippen LogP contribution in [0.25, 0.3) is 0 Å². The van der Waals surface area contributed by atoms with Gasteiger partial charge in [-0.1, -0.05) is 127 Å². The molecule has 1 fully saturated rings. The standard InChI is InChI=1S/C48H84NO11P/c1-6-8-10-11-12-13-14-15-16-17-18-19-20-21-22-23-29-33-48(54)60-42(40-59-61(55,56)58-37-36-49(3,4)5)39-57-47(53)32-28-25-24-27-31-43-44(46(52)38-45(43)51)35-34-41(50)30-26-9-7-2/h12-13,15-16,24,27,34-35,41-44,46,50,52H,6-11,14,17-23,25-26,28-33,36-40H2,1-5H3/p+1/b13-12-,16-15-,27-24-,35-34+/t41-,42+,43+,44+,46+/m0/s1. The van der Waals surface area contributed by atoms with E-state index in [1.54, 1.807) is 12.2 Å². The van der Waals surface area contributed by atoms with Crippen LogP contribution < -0.4 is 0 Å². The third kappa shape index (κ3) is 32.0. The van der Waals surface area contributed by atoms with E-state index in [9.17, 15) is 34.1 Å². The van der Waals surface area contributed by atoms with Crippen molar-refractivity contribution in [2.75, 3.05) is 47.5 Å². The number of nitrogens with zero attached hydrogens (tertiary/aromatic N) is 1. The molecular weight excluding hydrogens is 797 g/mol. The average Bonchev–Trinajstić information content (AvgIpc) is 3.47. The van der Waals surface area contributed by atoms with Crippen LogP contribution in [-0.4, -0.2) is 103 Å². The zero-order chi connectivity index (χ0) is 45.2. The molecule has 0 aromatic heterocycles. The summed E-state index contributed by atoms with van der Waals surface area (Å²) in [6.07, 6.45) is 33.7. The van der Waals surface area contributed by atoms with Gasteiger partial charge < -0.3 is 29.1 Å². The Bertz CT molecular complexity index is 1340. The fraction of sp³-hybridized carbons (Fsp3) is 0.771. The van der Waals surface area contributed by atoms with Crippen molar-refractivity contribution < 1.29 is 57.1 Å². The molecule has 1 saturated carbocycles. The Kier molecular flexibility index (Phi) is 32.4. The number of carbonyl (C=O) groups excluding carboxylic acids is 3. The van der Waals surface area contributed by atoms with Crippen molar-refractivity contribution >= 4 is 25.5 Å². The maximum atomic E-state index is 12.8. The van der Waals surface area contributed by atoms with Gasteiger partial charge in [0.25, 0.3) is 0 Å². The first kappa shape index (κ1) is 56.6. The minimum atomic E-state index is -4.45. The largest absolute Gasteiger partial charge is 0.472 e. The molecule has 0 heterocycles. The Morgan fingerprint density at radius 3 is 2.03 bits per heavy atom. The molecule has 352 valence electrons. The topological polar surface area (TPSA) is 166 Å². The quantitative estimate of drug-likeness (QED) is 0.0178. The third-order valence-corrected chi connectivity index (χ3v) is 11.7. The van der Waals surface area contributed by atoms with E-state index in [0.29, 0.717) is 43.1 Å². The number of likely N-dealkylation sites (N-methyl/N-ethyl adjacent to an activating group) is 1. The van der Waals surface area contributed by atoms with Crippen molar-refractivity contribution in [3.8, 4) is 0 Å². The number of phosphoric ester groups is 1. The normalized spacial score (nSPS) is 19.4. The number of phosphoric acid groups is 1. The summed E-state index contributed by atoms with van der Waals surface area (Å²) < 4.78 is 34.3. The van der Waals surface area contributed by atoms with Crippen LogP contribution >= 0.6 is 7.82 Å². The second-order valence-corrected chi connectivity index (χ2v) is 19.0. The SMILES string of the molecule is CCCCC/C=C\C/C=C\CCCCCCCCCC(=O)O[C@H](COC(=O)CCC/C=C\C[C@H]1C(=O)C[C@@H](O)[C@@H]1/C=C/[C@@H](O)CCCCC)COP(=O)(O)OCC[N+](C)(C)C. The van der Waals surface area contributed by atoms with Crippen molar-refractivity contribution in [2.45, 2.75) is 180 Å². The van der Waals surface area contributed by atoms with Crippen LogP contribution in [-0.2, 0) is 37.5 Å². The smallest absolute Gasteiger partial charge is 0.462 e. The number of ketones is 1. The molecule has 0 aromatic carbocycles. The second kappa shape index (κ2) is 35.0. The molecule has 1 aliphatic rings. The van der Waals surface area contributed by atoms with Crippen molar-refractivity contribution in [2.24, 2.45) is 11.8 Å². The number of aliphatic hydroxyl groups is 2. The Morgan fingerprint density at radius 1 is 0.770 bits per heavy atom. The number of unbranched alkanes of at least 4 members (excludes halogenated alkanes) is 13. The van der Waals surface area contributed by atoms with E-state index in [4.69, 9.17) is 18.5 Å². The van der Waals surface area contributed by atoms with Crippen LogP contribution in [0.5, 0.6) is 0 Å². The fourth-order valence-corrected chi connectivity index (χ4v) is 7.65. The van der Waals surface area contributed by atoms with Gasteiger partial charge in [-0.25, -0.2) is 4.57 Å². The highest BCUT2D eigenvalue weighted by molar-refractivity contribution is 7.47. The van der Waals surface area contributed by atoms with Crippen LogP contribution in [0.3, 0.4) is 0 Å². The minimum Gasteiger partial charge on any atom is -0.462 e. The third-order valence-electron chi connectivity index (χ3n) is 10.7. The monoisotopic (exact) mass is 883 g/mol. The van der Waals surface area contributed by atoms with Gasteiger partial charge in [-0.15, -0.1) is 0 Å². The first-order valence-corrected chi connectivity index (χ1v) is 25.0. The predicted molar refractivity (Wildman–Crippen MR) is 244 cm³/mol. The number of carbonyl (C=O) groups is 3.